The maximum absolute atomic E-state index is 11.5. The third-order valence-electron chi connectivity index (χ3n) is 7.18. The van der Waals surface area contributed by atoms with Gasteiger partial charge in [-0.05, 0) is 42.8 Å². The first-order valence-corrected chi connectivity index (χ1v) is 15.0. The molecule has 1 aliphatic heterocycles. The number of benzene rings is 1. The molecule has 0 aromatic heterocycles. The SMILES string of the molecule is C=C[C@H](COC(C)=O)[C@H](O[Si](C)(C)C(C)(C)C)[C@@]1(C)O[C@@H]1[C@@H](C)COCc1ccc(OC)cc1. The van der Waals surface area contributed by atoms with Gasteiger partial charge in [0.15, 0.2) is 8.32 Å². The maximum atomic E-state index is 11.5. The number of hydrogen-bond donors (Lipinski definition) is 0. The molecule has 2 rings (SSSR count). The Kier molecular flexibility index (Phi) is 9.56. The summed E-state index contributed by atoms with van der Waals surface area (Å²) in [5.74, 6) is 0.530. The van der Waals surface area contributed by atoms with Gasteiger partial charge in [-0.25, -0.2) is 0 Å². The predicted molar refractivity (Wildman–Crippen MR) is 137 cm³/mol. The molecule has 6 nitrogen and oxygen atoms in total. The van der Waals surface area contributed by atoms with Gasteiger partial charge in [0.25, 0.3) is 0 Å². The van der Waals surface area contributed by atoms with E-state index in [-0.39, 0.29) is 41.7 Å². The van der Waals surface area contributed by atoms with Crippen molar-refractivity contribution in [3.63, 3.8) is 0 Å². The number of ether oxygens (including phenoxy) is 4. The van der Waals surface area contributed by atoms with Crippen molar-refractivity contribution in [1.82, 2.24) is 0 Å². The summed E-state index contributed by atoms with van der Waals surface area (Å²) in [5, 5.41) is 0.0340. The Balaban J connectivity index is 2.08. The lowest BCUT2D eigenvalue weighted by Gasteiger charge is -2.42. The molecule has 0 bridgehead atoms. The summed E-state index contributed by atoms with van der Waals surface area (Å²) in [5.41, 5.74) is 0.594. The Morgan fingerprint density at radius 2 is 1.85 bits per heavy atom. The van der Waals surface area contributed by atoms with E-state index in [1.807, 2.05) is 30.3 Å². The number of carbonyl (C=O) groups excluding carboxylic acids is 1. The Hall–Kier alpha value is -1.67. The highest BCUT2D eigenvalue weighted by Gasteiger charge is 2.63. The number of methoxy groups -OCH3 is 1. The van der Waals surface area contributed by atoms with Crippen molar-refractivity contribution in [3.8, 4) is 5.75 Å². The fourth-order valence-corrected chi connectivity index (χ4v) is 5.33. The van der Waals surface area contributed by atoms with Crippen LogP contribution in [0.1, 0.15) is 47.1 Å². The Morgan fingerprint density at radius 1 is 1.24 bits per heavy atom. The summed E-state index contributed by atoms with van der Waals surface area (Å²) in [6.45, 7) is 22.1. The number of carbonyl (C=O) groups is 1. The Bertz CT molecular complexity index is 815. The third-order valence-corrected chi connectivity index (χ3v) is 11.6. The first kappa shape index (κ1) is 28.6. The van der Waals surface area contributed by atoms with E-state index in [1.54, 1.807) is 7.11 Å². The van der Waals surface area contributed by atoms with E-state index in [0.29, 0.717) is 13.2 Å². The highest BCUT2D eigenvalue weighted by atomic mass is 28.4. The molecule has 192 valence electrons. The maximum Gasteiger partial charge on any atom is 0.302 e. The highest BCUT2D eigenvalue weighted by molar-refractivity contribution is 6.74. The summed E-state index contributed by atoms with van der Waals surface area (Å²) < 4.78 is 29.8. The normalized spacial score (nSPS) is 23.0. The molecule has 0 saturated carbocycles. The first-order chi connectivity index (χ1) is 15.7. The van der Waals surface area contributed by atoms with E-state index in [2.05, 4.69) is 54.3 Å². The molecule has 0 radical (unpaired) electrons. The lowest BCUT2D eigenvalue weighted by molar-refractivity contribution is -0.143. The van der Waals surface area contributed by atoms with Crippen molar-refractivity contribution < 1.29 is 28.2 Å². The van der Waals surface area contributed by atoms with E-state index in [4.69, 9.17) is 23.4 Å². The van der Waals surface area contributed by atoms with Crippen LogP contribution in [0.4, 0.5) is 0 Å². The number of rotatable bonds is 13. The van der Waals surface area contributed by atoms with Crippen LogP contribution in [0, 0.1) is 11.8 Å². The van der Waals surface area contributed by atoms with Crippen molar-refractivity contribution in [3.05, 3.63) is 42.5 Å². The Labute approximate surface area is 207 Å². The standard InChI is InChI=1S/C27H44O6Si/c1-11-22(18-31-20(3)28)25(33-34(9,10)26(4,5)6)27(7)24(32-27)19(2)16-30-17-21-12-14-23(29-8)15-13-21/h11-15,19,22,24-25H,1,16-18H2,2-10H3/t19-,22+,24+,25-,27-/m0/s1. The smallest absolute Gasteiger partial charge is 0.302 e. The van der Waals surface area contributed by atoms with Crippen molar-refractivity contribution in [1.29, 1.82) is 0 Å². The second-order valence-electron chi connectivity index (χ2n) is 11.1. The molecule has 0 spiro atoms. The van der Waals surface area contributed by atoms with Gasteiger partial charge in [-0.2, -0.15) is 0 Å². The predicted octanol–water partition coefficient (Wildman–Crippen LogP) is 5.76. The molecule has 0 unspecified atom stereocenters. The van der Waals surface area contributed by atoms with Crippen LogP contribution in [-0.2, 0) is 30.0 Å². The topological polar surface area (TPSA) is 66.5 Å². The second-order valence-corrected chi connectivity index (χ2v) is 15.8. The molecule has 7 heteroatoms. The Morgan fingerprint density at radius 3 is 2.35 bits per heavy atom. The molecule has 5 atom stereocenters. The minimum absolute atomic E-state index is 0.0158. The van der Waals surface area contributed by atoms with Crippen LogP contribution in [0.5, 0.6) is 5.75 Å². The van der Waals surface area contributed by atoms with Gasteiger partial charge in [-0.3, -0.25) is 4.79 Å². The second kappa shape index (κ2) is 11.4. The minimum atomic E-state index is -2.12. The molecule has 0 amide bonds. The molecular formula is C27H44O6Si. The van der Waals surface area contributed by atoms with Crippen LogP contribution in [-0.4, -0.2) is 52.4 Å². The van der Waals surface area contributed by atoms with Crippen LogP contribution in [0.25, 0.3) is 0 Å². The zero-order valence-corrected chi connectivity index (χ0v) is 23.5. The molecular weight excluding hydrogens is 448 g/mol. The molecule has 1 aromatic rings. The van der Waals surface area contributed by atoms with Gasteiger partial charge in [0, 0.05) is 18.8 Å². The van der Waals surface area contributed by atoms with E-state index >= 15 is 0 Å². The zero-order valence-electron chi connectivity index (χ0n) is 22.5. The molecule has 0 N–H and O–H groups in total. The monoisotopic (exact) mass is 492 g/mol. The molecule has 1 saturated heterocycles. The van der Waals surface area contributed by atoms with Crippen molar-refractivity contribution >= 4 is 14.3 Å². The van der Waals surface area contributed by atoms with E-state index in [0.717, 1.165) is 11.3 Å². The summed E-state index contributed by atoms with van der Waals surface area (Å²) in [6.07, 6.45) is 1.55. The van der Waals surface area contributed by atoms with Gasteiger partial charge < -0.3 is 23.4 Å². The lowest BCUT2D eigenvalue weighted by Crippen LogP contribution is -2.51. The van der Waals surface area contributed by atoms with E-state index in [1.165, 1.54) is 6.92 Å². The number of esters is 1. The minimum Gasteiger partial charge on any atom is -0.497 e. The summed E-state index contributed by atoms with van der Waals surface area (Å²) in [4.78, 5) is 11.5. The number of hydrogen-bond acceptors (Lipinski definition) is 6. The summed E-state index contributed by atoms with van der Waals surface area (Å²) in [7, 11) is -0.467. The first-order valence-electron chi connectivity index (χ1n) is 12.1. The van der Waals surface area contributed by atoms with Gasteiger partial charge in [-0.1, -0.05) is 45.9 Å². The van der Waals surface area contributed by atoms with Crippen LogP contribution in [0.2, 0.25) is 18.1 Å². The molecule has 1 heterocycles. The molecule has 1 aromatic carbocycles. The van der Waals surface area contributed by atoms with Crippen LogP contribution in [0.15, 0.2) is 36.9 Å². The summed E-state index contributed by atoms with van der Waals surface area (Å²) in [6, 6.07) is 7.89. The average Bonchev–Trinajstić information content (AvgIpc) is 3.45. The molecule has 34 heavy (non-hydrogen) atoms. The van der Waals surface area contributed by atoms with E-state index < -0.39 is 13.9 Å². The van der Waals surface area contributed by atoms with Crippen LogP contribution < -0.4 is 4.74 Å². The largest absolute Gasteiger partial charge is 0.497 e. The fraction of sp³-hybridized carbons (Fsp3) is 0.667. The quantitative estimate of drug-likeness (QED) is 0.151. The van der Waals surface area contributed by atoms with Crippen LogP contribution >= 0.6 is 0 Å². The van der Waals surface area contributed by atoms with Crippen LogP contribution in [0.3, 0.4) is 0 Å². The highest BCUT2D eigenvalue weighted by Crippen LogP contribution is 2.50. The fourth-order valence-electron chi connectivity index (χ4n) is 3.94. The van der Waals surface area contributed by atoms with Gasteiger partial charge in [0.1, 0.15) is 18.0 Å². The van der Waals surface area contributed by atoms with Crippen molar-refractivity contribution in [2.45, 2.75) is 84.1 Å². The molecule has 1 fully saturated rings. The zero-order chi connectivity index (χ0) is 25.7. The van der Waals surface area contributed by atoms with Crippen molar-refractivity contribution in [2.24, 2.45) is 11.8 Å². The number of epoxide rings is 1. The molecule has 0 aliphatic carbocycles. The van der Waals surface area contributed by atoms with Gasteiger partial charge in [0.05, 0.1) is 32.5 Å². The van der Waals surface area contributed by atoms with Crippen molar-refractivity contribution in [2.75, 3.05) is 20.3 Å². The van der Waals surface area contributed by atoms with Gasteiger partial charge >= 0.3 is 5.97 Å². The van der Waals surface area contributed by atoms with Gasteiger partial charge in [-0.15, -0.1) is 6.58 Å². The average molecular weight is 493 g/mol. The third kappa shape index (κ3) is 7.17. The molecule has 1 aliphatic rings. The summed E-state index contributed by atoms with van der Waals surface area (Å²) >= 11 is 0. The lowest BCUT2D eigenvalue weighted by atomic mass is 9.86. The van der Waals surface area contributed by atoms with E-state index in [9.17, 15) is 4.79 Å². The van der Waals surface area contributed by atoms with Gasteiger partial charge in [0.2, 0.25) is 0 Å².